The van der Waals surface area contributed by atoms with E-state index in [2.05, 4.69) is 4.98 Å². The number of allylic oxidation sites excluding steroid dienone is 2. The Morgan fingerprint density at radius 2 is 1.64 bits per heavy atom. The first kappa shape index (κ1) is 33.2. The van der Waals surface area contributed by atoms with E-state index in [0.717, 1.165) is 16.0 Å². The van der Waals surface area contributed by atoms with Gasteiger partial charge in [0.1, 0.15) is 5.69 Å². The minimum absolute atomic E-state index is 0.0156. The largest absolute Gasteiger partial charge is 0.502 e. The molecule has 1 N–H and O–H groups in total. The molecule has 2 aliphatic heterocycles. The molecule has 6 atom stereocenters. The number of phenolic OH excluding ortho intramolecular Hbond substituents is 1. The van der Waals surface area contributed by atoms with Crippen molar-refractivity contribution in [2.24, 2.45) is 17.8 Å². The number of nitrogens with zero attached hydrogens (tertiary/aromatic N) is 4. The second-order valence-electron chi connectivity index (χ2n) is 11.8. The van der Waals surface area contributed by atoms with Crippen molar-refractivity contribution in [3.63, 3.8) is 0 Å². The van der Waals surface area contributed by atoms with Gasteiger partial charge in [-0.05, 0) is 48.6 Å². The molecule has 250 valence electrons. The lowest BCUT2D eigenvalue weighted by atomic mass is 9.56. The van der Waals surface area contributed by atoms with Crippen LogP contribution in [0.15, 0.2) is 35.9 Å². The fraction of sp³-hybridized carbons (Fsp3) is 0.433. The van der Waals surface area contributed by atoms with E-state index in [1.165, 1.54) is 40.4 Å². The number of carbonyl (C=O) groups excluding carboxylic acids is 4. The Kier molecular flexibility index (Phi) is 7.68. The van der Waals surface area contributed by atoms with Gasteiger partial charge in [-0.25, -0.2) is 4.98 Å². The number of likely N-dealkylation sites (tertiary alicyclic amines) is 1. The molecule has 2 aromatic rings. The van der Waals surface area contributed by atoms with Gasteiger partial charge in [0.2, 0.25) is 5.75 Å². The first-order valence-corrected chi connectivity index (χ1v) is 15.3. The van der Waals surface area contributed by atoms with Crippen LogP contribution >= 0.6 is 34.8 Å². The fourth-order valence-electron chi connectivity index (χ4n) is 7.39. The van der Waals surface area contributed by atoms with E-state index in [1.807, 2.05) is 0 Å². The lowest BCUT2D eigenvalue weighted by Gasteiger charge is -2.50. The molecule has 4 aliphatic rings. The number of halogens is 6. The molecule has 1 aromatic heterocycles. The molecule has 6 unspecified atom stereocenters. The number of aromatic nitrogens is 1. The van der Waals surface area contributed by atoms with Crippen LogP contribution in [0.25, 0.3) is 0 Å². The van der Waals surface area contributed by atoms with Crippen molar-refractivity contribution >= 4 is 64.2 Å². The number of hydrogen-bond acceptors (Lipinski definition) is 9. The summed E-state index contributed by atoms with van der Waals surface area (Å²) in [6, 6.07) is 4.47. The molecule has 1 saturated carbocycles. The molecule has 2 aliphatic carbocycles. The summed E-state index contributed by atoms with van der Waals surface area (Å²) < 4.78 is 51.1. The number of amides is 4. The molecule has 47 heavy (non-hydrogen) atoms. The number of carbonyl (C=O) groups is 4. The number of methoxy groups -OCH3 is 2. The molecule has 0 radical (unpaired) electrons. The third-order valence-corrected chi connectivity index (χ3v) is 11.3. The Morgan fingerprint density at radius 3 is 2.21 bits per heavy atom. The molecule has 3 heterocycles. The summed E-state index contributed by atoms with van der Waals surface area (Å²) in [7, 11) is 5.02. The number of hydrazine groups is 1. The van der Waals surface area contributed by atoms with Gasteiger partial charge in [-0.15, -0.1) is 23.2 Å². The van der Waals surface area contributed by atoms with Gasteiger partial charge in [0, 0.05) is 20.0 Å². The molecule has 3 fully saturated rings. The Balaban J connectivity index is 1.49. The molecule has 0 bridgehead atoms. The summed E-state index contributed by atoms with van der Waals surface area (Å²) in [5.74, 6) is -8.28. The highest BCUT2D eigenvalue weighted by molar-refractivity contribution is 6.53. The van der Waals surface area contributed by atoms with Crippen molar-refractivity contribution in [2.75, 3.05) is 33.3 Å². The summed E-state index contributed by atoms with van der Waals surface area (Å²) in [4.78, 5) is 55.7. The normalized spacial score (nSPS) is 30.2. The number of pyridine rings is 1. The van der Waals surface area contributed by atoms with E-state index < -0.39 is 74.7 Å². The highest BCUT2D eigenvalue weighted by Crippen LogP contribution is 2.66. The molecule has 0 spiro atoms. The quantitative estimate of drug-likeness (QED) is 0.270. The zero-order valence-corrected chi connectivity index (χ0v) is 27.3. The second kappa shape index (κ2) is 10.9. The van der Waals surface area contributed by atoms with Gasteiger partial charge in [-0.1, -0.05) is 23.3 Å². The number of ether oxygens (including phenoxy) is 2. The number of fused-ring (bicyclic) bond motifs is 4. The number of benzene rings is 1. The lowest BCUT2D eigenvalue weighted by Crippen LogP contribution is -2.60. The van der Waals surface area contributed by atoms with Crippen molar-refractivity contribution in [2.45, 2.75) is 34.7 Å². The minimum atomic E-state index is -4.83. The summed E-state index contributed by atoms with van der Waals surface area (Å²) in [6.07, 6.45) is -3.49. The van der Waals surface area contributed by atoms with Crippen molar-refractivity contribution in [3.05, 3.63) is 52.2 Å². The van der Waals surface area contributed by atoms with Gasteiger partial charge >= 0.3 is 6.18 Å². The number of rotatable bonds is 5. The van der Waals surface area contributed by atoms with Crippen LogP contribution in [-0.4, -0.2) is 81.7 Å². The SMILES string of the molecule is COc1cc(C2C3=CCC4C(=O)N(N(C)c5nc(C(F)(F)F)ccc5Cl)C(=O)C4C3CC3(Cl)C(=O)N(C)C(=O)C23Cl)cc(OC)c1O. The molecule has 2 saturated heterocycles. The van der Waals surface area contributed by atoms with Crippen molar-refractivity contribution < 1.29 is 46.9 Å². The van der Waals surface area contributed by atoms with Gasteiger partial charge in [0.15, 0.2) is 27.1 Å². The zero-order valence-electron chi connectivity index (χ0n) is 25.1. The predicted octanol–water partition coefficient (Wildman–Crippen LogP) is 4.52. The number of anilines is 1. The van der Waals surface area contributed by atoms with Crippen LogP contribution < -0.4 is 14.5 Å². The Morgan fingerprint density at radius 1 is 1.02 bits per heavy atom. The van der Waals surface area contributed by atoms with E-state index >= 15 is 0 Å². The number of hydrogen-bond donors (Lipinski definition) is 1. The van der Waals surface area contributed by atoms with Gasteiger partial charge < -0.3 is 14.6 Å². The fourth-order valence-corrected chi connectivity index (χ4v) is 8.64. The Hall–Kier alpha value is -3.75. The van der Waals surface area contributed by atoms with Crippen LogP contribution in [0.1, 0.15) is 30.0 Å². The number of phenols is 1. The van der Waals surface area contributed by atoms with E-state index in [-0.39, 0.29) is 40.7 Å². The highest BCUT2D eigenvalue weighted by atomic mass is 35.5. The zero-order chi connectivity index (χ0) is 34.5. The first-order valence-electron chi connectivity index (χ1n) is 14.1. The topological polar surface area (TPSA) is 130 Å². The smallest absolute Gasteiger partial charge is 0.433 e. The van der Waals surface area contributed by atoms with Gasteiger partial charge in [0.05, 0.1) is 31.1 Å². The predicted molar refractivity (Wildman–Crippen MR) is 161 cm³/mol. The first-order chi connectivity index (χ1) is 21.9. The van der Waals surface area contributed by atoms with Crippen LogP contribution in [-0.2, 0) is 25.4 Å². The monoisotopic (exact) mass is 716 g/mol. The van der Waals surface area contributed by atoms with Crippen LogP contribution in [0, 0.1) is 17.8 Å². The van der Waals surface area contributed by atoms with E-state index in [4.69, 9.17) is 44.3 Å². The highest BCUT2D eigenvalue weighted by Gasteiger charge is 2.76. The van der Waals surface area contributed by atoms with Crippen molar-refractivity contribution in [3.8, 4) is 17.2 Å². The maximum atomic E-state index is 14.2. The molecule has 4 amide bonds. The summed E-state index contributed by atoms with van der Waals surface area (Å²) in [5.41, 5.74) is -0.576. The minimum Gasteiger partial charge on any atom is -0.502 e. The van der Waals surface area contributed by atoms with Gasteiger partial charge in [-0.3, -0.25) is 29.1 Å². The summed E-state index contributed by atoms with van der Waals surface area (Å²) in [6.45, 7) is 0. The van der Waals surface area contributed by atoms with E-state index in [1.54, 1.807) is 6.08 Å². The third kappa shape index (κ3) is 4.43. The van der Waals surface area contributed by atoms with Crippen LogP contribution in [0.2, 0.25) is 5.02 Å². The van der Waals surface area contributed by atoms with Crippen LogP contribution in [0.4, 0.5) is 19.0 Å². The number of alkyl halides is 5. The van der Waals surface area contributed by atoms with Crippen molar-refractivity contribution in [1.29, 1.82) is 0 Å². The second-order valence-corrected chi connectivity index (χ2v) is 13.4. The summed E-state index contributed by atoms with van der Waals surface area (Å²) in [5, 5.41) is 11.9. The summed E-state index contributed by atoms with van der Waals surface area (Å²) >= 11 is 20.5. The number of aromatic hydroxyl groups is 1. The third-order valence-electron chi connectivity index (χ3n) is 9.55. The van der Waals surface area contributed by atoms with Gasteiger partial charge in [0.25, 0.3) is 23.6 Å². The Bertz CT molecular complexity index is 1770. The Labute approximate surface area is 280 Å². The molecule has 6 rings (SSSR count). The average molecular weight is 718 g/mol. The standard InChI is InChI=1S/C30H26Cl3F3N4O7/c1-38-26(44)28(32)11-15-13(21(29(28,33)27(38)45)12-9-17(46-3)22(41)18(10-12)47-4)5-6-14-20(15)25(43)40(24(14)42)39(2)23-16(31)7-8-19(37-23)30(34,35)36/h5,7-10,14-15,20-21,41H,6,11H2,1-4H3. The molecular formula is C30H26Cl3F3N4O7. The van der Waals surface area contributed by atoms with Crippen LogP contribution in [0.5, 0.6) is 17.2 Å². The molecular weight excluding hydrogens is 692 g/mol. The number of imide groups is 2. The lowest BCUT2D eigenvalue weighted by molar-refractivity contribution is -0.141. The van der Waals surface area contributed by atoms with Gasteiger partial charge in [-0.2, -0.15) is 18.2 Å². The van der Waals surface area contributed by atoms with E-state index in [9.17, 15) is 37.5 Å². The average Bonchev–Trinajstić information content (AvgIpc) is 3.35. The van der Waals surface area contributed by atoms with Crippen LogP contribution in [0.3, 0.4) is 0 Å². The maximum Gasteiger partial charge on any atom is 0.433 e. The molecule has 11 nitrogen and oxygen atoms in total. The molecule has 17 heteroatoms. The molecule has 1 aromatic carbocycles. The van der Waals surface area contributed by atoms with Crippen molar-refractivity contribution in [1.82, 2.24) is 14.9 Å². The maximum absolute atomic E-state index is 14.2. The van der Waals surface area contributed by atoms with E-state index in [0.29, 0.717) is 16.6 Å².